The molecular weight excluding hydrogens is 288 g/mol. The lowest BCUT2D eigenvalue weighted by Gasteiger charge is -2.16. The Kier molecular flexibility index (Phi) is 6.79. The number of rotatable bonds is 9. The zero-order valence-electron chi connectivity index (χ0n) is 11.6. The van der Waals surface area contributed by atoms with Gasteiger partial charge in [-0.05, 0) is 6.07 Å². The van der Waals surface area contributed by atoms with E-state index in [9.17, 15) is 8.42 Å². The number of hydrogen-bond acceptors (Lipinski definition) is 8. The Morgan fingerprint density at radius 3 is 2.45 bits per heavy atom. The van der Waals surface area contributed by atoms with Crippen molar-refractivity contribution >= 4 is 10.1 Å². The predicted octanol–water partition coefficient (Wildman–Crippen LogP) is -0.00700. The molecule has 1 aromatic heterocycles. The SMILES string of the molecule is COCC(COC)Oc1nccc(COS(C)(=O)=O)n1. The Bertz CT molecular complexity index is 501. The summed E-state index contributed by atoms with van der Waals surface area (Å²) in [6.45, 7) is 0.472. The highest BCUT2D eigenvalue weighted by molar-refractivity contribution is 7.85. The Morgan fingerprint density at radius 2 is 1.90 bits per heavy atom. The van der Waals surface area contributed by atoms with Crippen LogP contribution in [0.5, 0.6) is 6.01 Å². The fraction of sp³-hybridized carbons (Fsp3) is 0.636. The number of methoxy groups -OCH3 is 2. The molecule has 0 bridgehead atoms. The molecule has 0 atom stereocenters. The van der Waals surface area contributed by atoms with Crippen molar-refractivity contribution in [2.24, 2.45) is 0 Å². The van der Waals surface area contributed by atoms with Crippen molar-refractivity contribution in [1.29, 1.82) is 0 Å². The molecule has 1 rings (SSSR count). The van der Waals surface area contributed by atoms with Gasteiger partial charge in [0.25, 0.3) is 10.1 Å². The third-order valence-electron chi connectivity index (χ3n) is 2.09. The van der Waals surface area contributed by atoms with Crippen molar-refractivity contribution < 1.29 is 26.8 Å². The number of aromatic nitrogens is 2. The highest BCUT2D eigenvalue weighted by atomic mass is 32.2. The average molecular weight is 306 g/mol. The van der Waals surface area contributed by atoms with Gasteiger partial charge in [0.1, 0.15) is 12.7 Å². The lowest BCUT2D eigenvalue weighted by atomic mass is 10.4. The van der Waals surface area contributed by atoms with Gasteiger partial charge in [0.05, 0.1) is 25.2 Å². The van der Waals surface area contributed by atoms with Gasteiger partial charge in [-0.2, -0.15) is 13.4 Å². The highest BCUT2D eigenvalue weighted by Crippen LogP contribution is 2.08. The largest absolute Gasteiger partial charge is 0.455 e. The summed E-state index contributed by atoms with van der Waals surface area (Å²) < 4.78 is 41.9. The molecule has 0 aromatic carbocycles. The second-order valence-electron chi connectivity index (χ2n) is 3.95. The molecule has 114 valence electrons. The zero-order chi connectivity index (χ0) is 15.0. The molecule has 20 heavy (non-hydrogen) atoms. The third kappa shape index (κ3) is 6.75. The van der Waals surface area contributed by atoms with Gasteiger partial charge in [0.2, 0.25) is 0 Å². The second-order valence-corrected chi connectivity index (χ2v) is 5.59. The average Bonchev–Trinajstić information content (AvgIpc) is 2.37. The fourth-order valence-electron chi connectivity index (χ4n) is 1.32. The van der Waals surface area contributed by atoms with E-state index in [4.69, 9.17) is 14.2 Å². The summed E-state index contributed by atoms with van der Waals surface area (Å²) in [6, 6.07) is 1.65. The molecule has 0 aliphatic heterocycles. The Hall–Kier alpha value is -1.29. The van der Waals surface area contributed by atoms with Gasteiger partial charge >= 0.3 is 6.01 Å². The maximum Gasteiger partial charge on any atom is 0.317 e. The van der Waals surface area contributed by atoms with Crippen LogP contribution in [0, 0.1) is 0 Å². The molecule has 0 aliphatic carbocycles. The van der Waals surface area contributed by atoms with Gasteiger partial charge in [-0.3, -0.25) is 4.18 Å². The van der Waals surface area contributed by atoms with Gasteiger partial charge in [0.15, 0.2) is 0 Å². The Balaban J connectivity index is 2.66. The van der Waals surface area contributed by atoms with Gasteiger partial charge in [-0.25, -0.2) is 4.98 Å². The van der Waals surface area contributed by atoms with Crippen LogP contribution >= 0.6 is 0 Å². The first kappa shape index (κ1) is 16.8. The topological polar surface area (TPSA) is 96.8 Å². The van der Waals surface area contributed by atoms with E-state index < -0.39 is 10.1 Å². The molecule has 1 heterocycles. The molecule has 9 heteroatoms. The summed E-state index contributed by atoms with van der Waals surface area (Å²) in [7, 11) is -0.427. The van der Waals surface area contributed by atoms with Crippen molar-refractivity contribution in [3.63, 3.8) is 0 Å². The molecule has 0 saturated heterocycles. The summed E-state index contributed by atoms with van der Waals surface area (Å²) in [5, 5.41) is 0. The van der Waals surface area contributed by atoms with Crippen molar-refractivity contribution in [1.82, 2.24) is 9.97 Å². The van der Waals surface area contributed by atoms with Crippen LogP contribution in [0.15, 0.2) is 12.3 Å². The smallest absolute Gasteiger partial charge is 0.317 e. The lowest BCUT2D eigenvalue weighted by molar-refractivity contribution is 0.0193. The minimum atomic E-state index is -3.52. The molecule has 0 fully saturated rings. The van der Waals surface area contributed by atoms with Crippen molar-refractivity contribution in [3.05, 3.63) is 18.0 Å². The van der Waals surface area contributed by atoms with Gasteiger partial charge in [-0.15, -0.1) is 0 Å². The molecule has 1 aromatic rings. The van der Waals surface area contributed by atoms with Gasteiger partial charge < -0.3 is 14.2 Å². The van der Waals surface area contributed by atoms with E-state index in [2.05, 4.69) is 14.2 Å². The first-order chi connectivity index (χ1) is 9.44. The zero-order valence-corrected chi connectivity index (χ0v) is 12.4. The molecule has 0 saturated carbocycles. The number of hydrogen-bond donors (Lipinski definition) is 0. The highest BCUT2D eigenvalue weighted by Gasteiger charge is 2.13. The van der Waals surface area contributed by atoms with Crippen LogP contribution in [0.4, 0.5) is 0 Å². The molecule has 0 radical (unpaired) electrons. The minimum absolute atomic E-state index is 0.110. The summed E-state index contributed by atoms with van der Waals surface area (Å²) >= 11 is 0. The van der Waals surface area contributed by atoms with E-state index in [1.165, 1.54) is 6.20 Å². The Labute approximate surface area is 118 Å². The van der Waals surface area contributed by atoms with Crippen LogP contribution < -0.4 is 4.74 Å². The fourth-order valence-corrected chi connectivity index (χ4v) is 1.65. The summed E-state index contributed by atoms with van der Waals surface area (Å²) in [4.78, 5) is 7.98. The minimum Gasteiger partial charge on any atom is -0.455 e. The summed E-state index contributed by atoms with van der Waals surface area (Å²) in [5.74, 6) is 0. The predicted molar refractivity (Wildman–Crippen MR) is 69.8 cm³/mol. The van der Waals surface area contributed by atoms with E-state index in [-0.39, 0.29) is 18.7 Å². The molecule has 0 amide bonds. The van der Waals surface area contributed by atoms with Crippen molar-refractivity contribution in [2.75, 3.05) is 33.7 Å². The molecule has 0 spiro atoms. The molecule has 0 unspecified atom stereocenters. The van der Waals surface area contributed by atoms with Gasteiger partial charge in [-0.1, -0.05) is 0 Å². The van der Waals surface area contributed by atoms with Crippen LogP contribution in [0.1, 0.15) is 5.69 Å². The van der Waals surface area contributed by atoms with Crippen LogP contribution in [0.3, 0.4) is 0 Å². The van der Waals surface area contributed by atoms with E-state index >= 15 is 0 Å². The van der Waals surface area contributed by atoms with E-state index in [1.54, 1.807) is 20.3 Å². The molecule has 8 nitrogen and oxygen atoms in total. The van der Waals surface area contributed by atoms with Crippen molar-refractivity contribution in [2.45, 2.75) is 12.7 Å². The Morgan fingerprint density at radius 1 is 1.25 bits per heavy atom. The lowest BCUT2D eigenvalue weighted by Crippen LogP contribution is -2.28. The maximum atomic E-state index is 10.9. The van der Waals surface area contributed by atoms with Crippen LogP contribution in [0.2, 0.25) is 0 Å². The number of nitrogens with zero attached hydrogens (tertiary/aromatic N) is 2. The van der Waals surface area contributed by atoms with E-state index in [0.717, 1.165) is 6.26 Å². The third-order valence-corrected chi connectivity index (χ3v) is 2.64. The summed E-state index contributed by atoms with van der Waals surface area (Å²) in [6.07, 6.45) is 2.08. The second kappa shape index (κ2) is 8.10. The normalized spacial score (nSPS) is 11.8. The summed E-state index contributed by atoms with van der Waals surface area (Å²) in [5.41, 5.74) is 0.397. The van der Waals surface area contributed by atoms with Crippen molar-refractivity contribution in [3.8, 4) is 6.01 Å². The van der Waals surface area contributed by atoms with Crippen LogP contribution in [0.25, 0.3) is 0 Å². The monoisotopic (exact) mass is 306 g/mol. The number of ether oxygens (including phenoxy) is 3. The molecule has 0 N–H and O–H groups in total. The first-order valence-electron chi connectivity index (χ1n) is 5.75. The molecular formula is C11H18N2O6S. The first-order valence-corrected chi connectivity index (χ1v) is 7.57. The standard InChI is InChI=1S/C11H18N2O6S/c1-16-7-10(8-17-2)19-11-12-5-4-9(13-11)6-18-20(3,14)15/h4-5,10H,6-8H2,1-3H3. The quantitative estimate of drug-likeness (QED) is 0.588. The van der Waals surface area contributed by atoms with E-state index in [0.29, 0.717) is 18.9 Å². The molecule has 0 aliphatic rings. The van der Waals surface area contributed by atoms with Crippen LogP contribution in [-0.2, 0) is 30.4 Å². The van der Waals surface area contributed by atoms with Crippen LogP contribution in [-0.4, -0.2) is 58.2 Å². The van der Waals surface area contributed by atoms with Gasteiger partial charge in [0, 0.05) is 20.4 Å². The maximum absolute atomic E-state index is 10.9. The van der Waals surface area contributed by atoms with E-state index in [1.807, 2.05) is 0 Å².